The van der Waals surface area contributed by atoms with Crippen LogP contribution >= 0.6 is 11.6 Å². The van der Waals surface area contributed by atoms with Gasteiger partial charge in [0.1, 0.15) is 35.4 Å². The van der Waals surface area contributed by atoms with E-state index in [0.29, 0.717) is 0 Å². The third-order valence-corrected chi connectivity index (χ3v) is 4.86. The molecule has 0 bridgehead atoms. The molecule has 1 aromatic heterocycles. The number of halogens is 3. The van der Waals surface area contributed by atoms with Crippen LogP contribution in [0.25, 0.3) is 11.1 Å². The zero-order valence-electron chi connectivity index (χ0n) is 15.2. The molecule has 4 rings (SSSR count). The maximum absolute atomic E-state index is 14.9. The number of ether oxygens (including phenoxy) is 1. The molecular formula is C20H15ClF2N4O2. The van der Waals surface area contributed by atoms with Gasteiger partial charge in [0, 0.05) is 16.8 Å². The van der Waals surface area contributed by atoms with E-state index in [4.69, 9.17) is 22.1 Å². The standard InChI is InChI=1S/C20H15ClF2N4O2/c1-10-8-27(20(28)17-18(24)25-9-26-19(17)29-10)11-5-6-12(15(23)7-11)16-13(21)3-2-4-14(16)22/h2-7,9-10H,8H2,1H3,(H2,24,25,26). The topological polar surface area (TPSA) is 81.3 Å². The lowest BCUT2D eigenvalue weighted by Gasteiger charge is -2.23. The Bertz CT molecular complexity index is 1110. The average molecular weight is 417 g/mol. The first-order chi connectivity index (χ1) is 13.9. The van der Waals surface area contributed by atoms with Crippen LogP contribution in [0.3, 0.4) is 0 Å². The highest BCUT2D eigenvalue weighted by Gasteiger charge is 2.32. The maximum atomic E-state index is 14.9. The number of hydrogen-bond donors (Lipinski definition) is 1. The number of aromatic nitrogens is 2. The van der Waals surface area contributed by atoms with Gasteiger partial charge >= 0.3 is 0 Å². The van der Waals surface area contributed by atoms with Crippen LogP contribution in [-0.4, -0.2) is 28.5 Å². The van der Waals surface area contributed by atoms with Crippen molar-refractivity contribution >= 4 is 29.0 Å². The van der Waals surface area contributed by atoms with Crippen molar-refractivity contribution in [3.8, 4) is 17.0 Å². The molecule has 0 fully saturated rings. The lowest BCUT2D eigenvalue weighted by atomic mass is 10.0. The van der Waals surface area contributed by atoms with Gasteiger partial charge in [0.2, 0.25) is 5.88 Å². The average Bonchev–Trinajstić information content (AvgIpc) is 2.79. The lowest BCUT2D eigenvalue weighted by Crippen LogP contribution is -2.36. The molecule has 1 aliphatic rings. The first-order valence-electron chi connectivity index (χ1n) is 8.69. The van der Waals surface area contributed by atoms with Crippen molar-refractivity contribution < 1.29 is 18.3 Å². The minimum atomic E-state index is -0.724. The van der Waals surface area contributed by atoms with Crippen LogP contribution in [0.5, 0.6) is 5.88 Å². The summed E-state index contributed by atoms with van der Waals surface area (Å²) in [5.74, 6) is -1.84. The van der Waals surface area contributed by atoms with Crippen LogP contribution in [0.2, 0.25) is 5.02 Å². The number of benzene rings is 2. The number of nitrogen functional groups attached to an aromatic ring is 1. The molecule has 0 saturated carbocycles. The van der Waals surface area contributed by atoms with Crippen molar-refractivity contribution in [3.05, 3.63) is 64.9 Å². The first kappa shape index (κ1) is 19.1. The van der Waals surface area contributed by atoms with Crippen LogP contribution in [-0.2, 0) is 0 Å². The number of nitrogens with two attached hydrogens (primary N) is 1. The summed E-state index contributed by atoms with van der Waals surface area (Å²) in [5.41, 5.74) is 6.06. The molecule has 0 saturated heterocycles. The fraction of sp³-hybridized carbons (Fsp3) is 0.150. The van der Waals surface area contributed by atoms with Crippen LogP contribution in [0.1, 0.15) is 17.3 Å². The maximum Gasteiger partial charge on any atom is 0.267 e. The number of hydrogen-bond acceptors (Lipinski definition) is 5. The number of fused-ring (bicyclic) bond motifs is 1. The van der Waals surface area contributed by atoms with Crippen molar-refractivity contribution in [2.24, 2.45) is 0 Å². The van der Waals surface area contributed by atoms with Crippen LogP contribution in [0.15, 0.2) is 42.7 Å². The van der Waals surface area contributed by atoms with E-state index < -0.39 is 23.6 Å². The van der Waals surface area contributed by atoms with E-state index >= 15 is 0 Å². The van der Waals surface area contributed by atoms with Crippen molar-refractivity contribution in [2.75, 3.05) is 17.2 Å². The largest absolute Gasteiger partial charge is 0.472 e. The van der Waals surface area contributed by atoms with E-state index in [0.717, 1.165) is 6.07 Å². The highest BCUT2D eigenvalue weighted by atomic mass is 35.5. The van der Waals surface area contributed by atoms with Gasteiger partial charge in [-0.15, -0.1) is 0 Å². The molecule has 1 unspecified atom stereocenters. The van der Waals surface area contributed by atoms with E-state index in [1.807, 2.05) is 0 Å². The molecule has 2 heterocycles. The molecule has 0 radical (unpaired) electrons. The Morgan fingerprint density at radius 2 is 1.97 bits per heavy atom. The molecule has 2 N–H and O–H groups in total. The number of carbonyl (C=O) groups excluding carboxylic acids is 1. The third kappa shape index (κ3) is 3.36. The predicted molar refractivity (Wildman–Crippen MR) is 105 cm³/mol. The Kier molecular flexibility index (Phi) is 4.79. The summed E-state index contributed by atoms with van der Waals surface area (Å²) in [4.78, 5) is 22.2. The molecule has 1 atom stereocenters. The van der Waals surface area contributed by atoms with Gasteiger partial charge in [0.25, 0.3) is 5.91 Å². The molecular weight excluding hydrogens is 402 g/mol. The summed E-state index contributed by atoms with van der Waals surface area (Å²) >= 11 is 6.05. The van der Waals surface area contributed by atoms with Gasteiger partial charge in [0.15, 0.2) is 0 Å². The quantitative estimate of drug-likeness (QED) is 0.680. The molecule has 6 nitrogen and oxygen atoms in total. The monoisotopic (exact) mass is 416 g/mol. The number of nitrogens with zero attached hydrogens (tertiary/aromatic N) is 3. The fourth-order valence-electron chi connectivity index (χ4n) is 3.23. The zero-order chi connectivity index (χ0) is 20.7. The molecule has 148 valence electrons. The van der Waals surface area contributed by atoms with Crippen LogP contribution < -0.4 is 15.4 Å². The Balaban J connectivity index is 1.78. The molecule has 1 aliphatic heterocycles. The lowest BCUT2D eigenvalue weighted by molar-refractivity contribution is 0.0988. The summed E-state index contributed by atoms with van der Waals surface area (Å²) in [6, 6.07) is 8.15. The molecule has 1 amide bonds. The zero-order valence-corrected chi connectivity index (χ0v) is 16.0. The summed E-state index contributed by atoms with van der Waals surface area (Å²) < 4.78 is 34.8. The van der Waals surface area contributed by atoms with Crippen molar-refractivity contribution in [2.45, 2.75) is 13.0 Å². The van der Waals surface area contributed by atoms with Gasteiger partial charge in [-0.25, -0.2) is 18.7 Å². The van der Waals surface area contributed by atoms with Gasteiger partial charge in [-0.3, -0.25) is 4.79 Å². The smallest absolute Gasteiger partial charge is 0.267 e. The number of carbonyl (C=O) groups is 1. The molecule has 2 aromatic carbocycles. The van der Waals surface area contributed by atoms with Crippen molar-refractivity contribution in [1.82, 2.24) is 9.97 Å². The summed E-state index contributed by atoms with van der Waals surface area (Å²) in [6.45, 7) is 1.88. The van der Waals surface area contributed by atoms with Crippen LogP contribution in [0.4, 0.5) is 20.3 Å². The second-order valence-electron chi connectivity index (χ2n) is 6.54. The third-order valence-electron chi connectivity index (χ3n) is 4.55. The SMILES string of the molecule is CC1CN(c2ccc(-c3c(F)cccc3Cl)c(F)c2)C(=O)c2c(N)ncnc2O1. The normalized spacial score (nSPS) is 16.2. The van der Waals surface area contributed by atoms with E-state index in [1.54, 1.807) is 6.92 Å². The Morgan fingerprint density at radius 3 is 2.69 bits per heavy atom. The minimum absolute atomic E-state index is 0.00772. The summed E-state index contributed by atoms with van der Waals surface area (Å²) in [5, 5.41) is 0.0865. The highest BCUT2D eigenvalue weighted by Crippen LogP contribution is 2.35. The van der Waals surface area contributed by atoms with Gasteiger partial charge in [0.05, 0.1) is 11.6 Å². The molecule has 9 heteroatoms. The van der Waals surface area contributed by atoms with E-state index in [-0.39, 0.29) is 45.6 Å². The van der Waals surface area contributed by atoms with Gasteiger partial charge < -0.3 is 15.4 Å². The van der Waals surface area contributed by atoms with Gasteiger partial charge in [-0.05, 0) is 37.3 Å². The van der Waals surface area contributed by atoms with E-state index in [9.17, 15) is 13.6 Å². The Labute approximate surface area is 169 Å². The first-order valence-corrected chi connectivity index (χ1v) is 9.07. The predicted octanol–water partition coefficient (Wildman–Crippen LogP) is 4.09. The second-order valence-corrected chi connectivity index (χ2v) is 6.95. The highest BCUT2D eigenvalue weighted by molar-refractivity contribution is 6.33. The summed E-state index contributed by atoms with van der Waals surface area (Å²) in [7, 11) is 0. The fourth-order valence-corrected chi connectivity index (χ4v) is 3.49. The number of amides is 1. The minimum Gasteiger partial charge on any atom is -0.472 e. The van der Waals surface area contributed by atoms with Crippen molar-refractivity contribution in [1.29, 1.82) is 0 Å². The second kappa shape index (κ2) is 7.29. The molecule has 3 aromatic rings. The number of rotatable bonds is 2. The molecule has 29 heavy (non-hydrogen) atoms. The van der Waals surface area contributed by atoms with Crippen molar-refractivity contribution in [3.63, 3.8) is 0 Å². The van der Waals surface area contributed by atoms with Gasteiger partial charge in [-0.1, -0.05) is 17.7 Å². The van der Waals surface area contributed by atoms with E-state index in [2.05, 4.69) is 9.97 Å². The van der Waals surface area contributed by atoms with E-state index in [1.165, 1.54) is 41.6 Å². The molecule has 0 spiro atoms. The summed E-state index contributed by atoms with van der Waals surface area (Å²) in [6.07, 6.45) is 0.773. The van der Waals surface area contributed by atoms with Crippen LogP contribution in [0, 0.1) is 11.6 Å². The number of anilines is 2. The Hall–Kier alpha value is -3.26. The molecule has 0 aliphatic carbocycles. The van der Waals surface area contributed by atoms with Gasteiger partial charge in [-0.2, -0.15) is 0 Å². The Morgan fingerprint density at radius 1 is 1.17 bits per heavy atom.